The largest absolute Gasteiger partial charge is 0.366 e. The molecule has 0 saturated carbocycles. The van der Waals surface area contributed by atoms with Gasteiger partial charge in [0.15, 0.2) is 0 Å². The Kier molecular flexibility index (Phi) is 6.36. The molecule has 0 bridgehead atoms. The zero-order valence-electron chi connectivity index (χ0n) is 16.2. The average Bonchev–Trinajstić information content (AvgIpc) is 3.10. The Bertz CT molecular complexity index is 1030. The molecule has 29 heavy (non-hydrogen) atoms. The van der Waals surface area contributed by atoms with Gasteiger partial charge in [-0.2, -0.15) is 0 Å². The molecule has 3 N–H and O–H groups in total. The fourth-order valence-corrected chi connectivity index (χ4v) is 4.00. The number of nitrogens with two attached hydrogens (primary N) is 1. The van der Waals surface area contributed by atoms with Crippen LogP contribution in [-0.2, 0) is 19.4 Å². The molecular weight excluding hydrogens is 387 g/mol. The molecule has 1 amide bonds. The number of rotatable bonds is 5. The van der Waals surface area contributed by atoms with Crippen molar-refractivity contribution in [2.75, 3.05) is 0 Å². The summed E-state index contributed by atoms with van der Waals surface area (Å²) >= 11 is 0. The molecule has 3 aromatic carbocycles. The number of hydrogen-bond acceptors (Lipinski definition) is 2. The molecule has 0 atom stereocenters. The van der Waals surface area contributed by atoms with Crippen molar-refractivity contribution in [2.45, 2.75) is 32.4 Å². The van der Waals surface area contributed by atoms with Gasteiger partial charge in [0.05, 0.1) is 0 Å². The molecule has 5 heteroatoms. The van der Waals surface area contributed by atoms with Crippen LogP contribution in [0.3, 0.4) is 0 Å². The quantitative estimate of drug-likeness (QED) is 0.646. The topological polar surface area (TPSA) is 55.1 Å². The highest BCUT2D eigenvalue weighted by Crippen LogP contribution is 2.29. The van der Waals surface area contributed by atoms with E-state index in [1.54, 1.807) is 24.3 Å². The predicted molar refractivity (Wildman–Crippen MR) is 117 cm³/mol. The number of hydrogen-bond donors (Lipinski definition) is 2. The molecule has 0 aliphatic heterocycles. The molecule has 150 valence electrons. The van der Waals surface area contributed by atoms with Gasteiger partial charge in [0.25, 0.3) is 0 Å². The molecule has 3 nitrogen and oxygen atoms in total. The van der Waals surface area contributed by atoms with Crippen molar-refractivity contribution < 1.29 is 9.18 Å². The van der Waals surface area contributed by atoms with Crippen LogP contribution >= 0.6 is 12.4 Å². The monoisotopic (exact) mass is 410 g/mol. The first-order chi connectivity index (χ1) is 13.5. The van der Waals surface area contributed by atoms with Gasteiger partial charge in [-0.05, 0) is 54.2 Å². The van der Waals surface area contributed by atoms with E-state index in [-0.39, 0.29) is 18.2 Å². The second-order valence-electron chi connectivity index (χ2n) is 7.43. The number of aryl methyl sites for hydroxylation is 1. The summed E-state index contributed by atoms with van der Waals surface area (Å²) in [6.07, 6.45) is 1.95. The van der Waals surface area contributed by atoms with E-state index in [1.165, 1.54) is 11.1 Å². The second kappa shape index (κ2) is 8.76. The number of halogens is 2. The molecule has 0 radical (unpaired) electrons. The zero-order chi connectivity index (χ0) is 19.7. The highest BCUT2D eigenvalue weighted by atomic mass is 35.5. The maximum atomic E-state index is 15.2. The van der Waals surface area contributed by atoms with Crippen LogP contribution in [0.25, 0.3) is 11.1 Å². The molecule has 3 aromatic rings. The standard InChI is InChI=1S/C24H23FN2O.ClH/c1-15-11-18(24(26)28)9-10-21(15)22-8-4-7-19(23(22)25)14-27-20-12-16-5-2-3-6-17(16)13-20;/h2-11,20,27H,12-14H2,1H3,(H2,26,28);1H. The summed E-state index contributed by atoms with van der Waals surface area (Å²) in [7, 11) is 0. The van der Waals surface area contributed by atoms with Crippen molar-refractivity contribution >= 4 is 18.3 Å². The van der Waals surface area contributed by atoms with Gasteiger partial charge in [-0.15, -0.1) is 12.4 Å². The summed E-state index contributed by atoms with van der Waals surface area (Å²) in [6, 6.07) is 19.4. The number of benzene rings is 3. The molecule has 0 unspecified atom stereocenters. The van der Waals surface area contributed by atoms with Gasteiger partial charge in [-0.3, -0.25) is 4.79 Å². The van der Waals surface area contributed by atoms with Crippen molar-refractivity contribution in [3.05, 3.63) is 94.3 Å². The Labute approximate surface area is 176 Å². The summed E-state index contributed by atoms with van der Waals surface area (Å²) < 4.78 is 15.2. The van der Waals surface area contributed by atoms with Crippen molar-refractivity contribution in [3.8, 4) is 11.1 Å². The first-order valence-corrected chi connectivity index (χ1v) is 9.51. The van der Waals surface area contributed by atoms with Crippen LogP contribution in [0.2, 0.25) is 0 Å². The van der Waals surface area contributed by atoms with Crippen LogP contribution in [0, 0.1) is 12.7 Å². The summed E-state index contributed by atoms with van der Waals surface area (Å²) in [4.78, 5) is 11.4. The number of primary amides is 1. The van der Waals surface area contributed by atoms with Gasteiger partial charge in [0.1, 0.15) is 5.82 Å². The molecule has 0 aromatic heterocycles. The van der Waals surface area contributed by atoms with Crippen LogP contribution < -0.4 is 11.1 Å². The van der Waals surface area contributed by atoms with Gasteiger partial charge in [0, 0.05) is 29.3 Å². The second-order valence-corrected chi connectivity index (χ2v) is 7.43. The minimum Gasteiger partial charge on any atom is -0.366 e. The van der Waals surface area contributed by atoms with Gasteiger partial charge in [-0.25, -0.2) is 4.39 Å². The van der Waals surface area contributed by atoms with Gasteiger partial charge in [0.2, 0.25) is 5.91 Å². The minimum atomic E-state index is -0.481. The maximum absolute atomic E-state index is 15.2. The molecule has 0 saturated heterocycles. The van der Waals surface area contributed by atoms with E-state index in [2.05, 4.69) is 29.6 Å². The highest BCUT2D eigenvalue weighted by Gasteiger charge is 2.21. The van der Waals surface area contributed by atoms with Crippen molar-refractivity contribution in [3.63, 3.8) is 0 Å². The molecule has 4 rings (SSSR count). The fraction of sp³-hybridized carbons (Fsp3) is 0.208. The maximum Gasteiger partial charge on any atom is 0.248 e. The number of nitrogens with one attached hydrogen (secondary N) is 1. The summed E-state index contributed by atoms with van der Waals surface area (Å²) in [6.45, 7) is 2.35. The first kappa shape index (κ1) is 21.0. The van der Waals surface area contributed by atoms with Crippen molar-refractivity contribution in [2.24, 2.45) is 5.73 Å². The average molecular weight is 411 g/mol. The lowest BCUT2D eigenvalue weighted by molar-refractivity contribution is 0.1000. The molecule has 0 heterocycles. The third kappa shape index (κ3) is 4.34. The summed E-state index contributed by atoms with van der Waals surface area (Å²) in [5, 5.41) is 3.50. The number of carbonyl (C=O) groups excluding carboxylic acids is 1. The third-order valence-corrected chi connectivity index (χ3v) is 5.51. The van der Waals surface area contributed by atoms with E-state index in [9.17, 15) is 4.79 Å². The van der Waals surface area contributed by atoms with E-state index < -0.39 is 5.91 Å². The van der Waals surface area contributed by atoms with E-state index >= 15 is 4.39 Å². The molecule has 0 spiro atoms. The van der Waals surface area contributed by atoms with Crippen LogP contribution in [0.4, 0.5) is 4.39 Å². The zero-order valence-corrected chi connectivity index (χ0v) is 17.1. The first-order valence-electron chi connectivity index (χ1n) is 9.51. The van der Waals surface area contributed by atoms with Gasteiger partial charge < -0.3 is 11.1 Å². The Balaban J connectivity index is 0.00000240. The smallest absolute Gasteiger partial charge is 0.248 e. The summed E-state index contributed by atoms with van der Waals surface area (Å²) in [5.41, 5.74) is 11.3. The lowest BCUT2D eigenvalue weighted by Gasteiger charge is -2.15. The minimum absolute atomic E-state index is 0. The Morgan fingerprint density at radius 2 is 1.72 bits per heavy atom. The summed E-state index contributed by atoms with van der Waals surface area (Å²) in [5.74, 6) is -0.703. The van der Waals surface area contributed by atoms with E-state index in [1.807, 2.05) is 19.1 Å². The van der Waals surface area contributed by atoms with Crippen molar-refractivity contribution in [1.82, 2.24) is 5.32 Å². The lowest BCUT2D eigenvalue weighted by atomic mass is 9.96. The van der Waals surface area contributed by atoms with Crippen molar-refractivity contribution in [1.29, 1.82) is 0 Å². The van der Waals surface area contributed by atoms with E-state index in [0.29, 0.717) is 29.3 Å². The Morgan fingerprint density at radius 1 is 1.03 bits per heavy atom. The number of carbonyl (C=O) groups is 1. The van der Waals surface area contributed by atoms with E-state index in [4.69, 9.17) is 5.73 Å². The normalized spacial score (nSPS) is 13.0. The molecule has 1 aliphatic carbocycles. The Morgan fingerprint density at radius 3 is 2.34 bits per heavy atom. The predicted octanol–water partition coefficient (Wildman–Crippen LogP) is 4.58. The Hall–Kier alpha value is -2.69. The van der Waals surface area contributed by atoms with Crippen LogP contribution in [-0.4, -0.2) is 11.9 Å². The van der Waals surface area contributed by atoms with Gasteiger partial charge in [-0.1, -0.05) is 48.5 Å². The number of fused-ring (bicyclic) bond motifs is 1. The SMILES string of the molecule is Cc1cc(C(N)=O)ccc1-c1cccc(CNC2Cc3ccccc3C2)c1F.Cl. The molecular formula is C24H24ClFN2O. The fourth-order valence-electron chi connectivity index (χ4n) is 4.00. The highest BCUT2D eigenvalue weighted by molar-refractivity contribution is 5.93. The lowest BCUT2D eigenvalue weighted by Crippen LogP contribution is -2.29. The van der Waals surface area contributed by atoms with E-state index in [0.717, 1.165) is 24.0 Å². The third-order valence-electron chi connectivity index (χ3n) is 5.51. The van der Waals surface area contributed by atoms with Crippen LogP contribution in [0.15, 0.2) is 60.7 Å². The molecule has 0 fully saturated rings. The van der Waals surface area contributed by atoms with Crippen LogP contribution in [0.5, 0.6) is 0 Å². The van der Waals surface area contributed by atoms with Gasteiger partial charge >= 0.3 is 0 Å². The number of amides is 1. The molecule has 1 aliphatic rings. The van der Waals surface area contributed by atoms with Crippen LogP contribution in [0.1, 0.15) is 32.6 Å².